The molecule has 3 aromatic heterocycles. The van der Waals surface area contributed by atoms with E-state index in [1.165, 1.54) is 16.7 Å². The maximum Gasteiger partial charge on any atom is 0.405 e. The lowest BCUT2D eigenvalue weighted by atomic mass is 9.61. The van der Waals surface area contributed by atoms with Gasteiger partial charge in [0.25, 0.3) is 5.82 Å². The van der Waals surface area contributed by atoms with Crippen LogP contribution < -0.4 is 20.0 Å². The highest BCUT2D eigenvalue weighted by molar-refractivity contribution is 6.77. The molecule has 148 valence electrons. The summed E-state index contributed by atoms with van der Waals surface area (Å²) in [6, 6.07) is 16.0. The fraction of sp³-hybridized carbons (Fsp3) is 0.200. The quantitative estimate of drug-likeness (QED) is 0.383. The summed E-state index contributed by atoms with van der Waals surface area (Å²) in [5.41, 5.74) is 5.77. The van der Waals surface area contributed by atoms with Gasteiger partial charge in [0.15, 0.2) is 0 Å². The van der Waals surface area contributed by atoms with E-state index in [1.54, 1.807) is 6.07 Å². The molecule has 30 heavy (non-hydrogen) atoms. The largest absolute Gasteiger partial charge is 0.439 e. The van der Waals surface area contributed by atoms with Crippen molar-refractivity contribution in [3.05, 3.63) is 76.6 Å². The van der Waals surface area contributed by atoms with Crippen molar-refractivity contribution in [3.8, 4) is 11.1 Å². The minimum absolute atomic E-state index is 0.0437. The topological polar surface area (TPSA) is 33.2 Å². The van der Waals surface area contributed by atoms with Crippen LogP contribution in [0.1, 0.15) is 22.3 Å². The number of anilines is 1. The number of benzene rings is 1. The van der Waals surface area contributed by atoms with E-state index in [9.17, 15) is 0 Å². The van der Waals surface area contributed by atoms with Crippen LogP contribution in [0.2, 0.25) is 6.82 Å². The van der Waals surface area contributed by atoms with Crippen LogP contribution in [0, 0.1) is 13.8 Å². The van der Waals surface area contributed by atoms with Crippen molar-refractivity contribution in [3.63, 3.8) is 0 Å². The van der Waals surface area contributed by atoms with Crippen molar-refractivity contribution in [2.24, 2.45) is 7.05 Å². The summed E-state index contributed by atoms with van der Waals surface area (Å²) < 4.78 is 31.1. The molecule has 0 fully saturated rings. The number of nitrogens with zero attached hydrogens (tertiary/aromatic N) is 3. The fourth-order valence-corrected chi connectivity index (χ4v) is 4.48. The van der Waals surface area contributed by atoms with Crippen molar-refractivity contribution < 1.29 is 13.1 Å². The second kappa shape index (κ2) is 6.87. The summed E-state index contributed by atoms with van der Waals surface area (Å²) >= 11 is 0. The molecule has 1 aliphatic heterocycles. The maximum atomic E-state index is 7.66. The van der Waals surface area contributed by atoms with Crippen LogP contribution in [-0.2, 0) is 7.05 Å². The lowest BCUT2D eigenvalue weighted by Gasteiger charge is -2.24. The number of aryl methyl sites for hydroxylation is 3. The molecule has 0 saturated carbocycles. The highest BCUT2D eigenvalue weighted by atomic mass is 16.3. The highest BCUT2D eigenvalue weighted by Crippen LogP contribution is 2.27. The molecule has 0 saturated heterocycles. The number of aromatic nitrogens is 2. The van der Waals surface area contributed by atoms with Gasteiger partial charge in [-0.05, 0) is 56.8 Å². The van der Waals surface area contributed by atoms with Gasteiger partial charge in [0, 0.05) is 21.4 Å². The molecule has 1 aromatic carbocycles. The first-order valence-electron chi connectivity index (χ1n) is 11.6. The summed E-state index contributed by atoms with van der Waals surface area (Å²) in [4.78, 5) is 6.59. The minimum atomic E-state index is -2.27. The lowest BCUT2D eigenvalue weighted by molar-refractivity contribution is -0.657. The molecule has 4 nitrogen and oxygen atoms in total. The van der Waals surface area contributed by atoms with Gasteiger partial charge in [0.2, 0.25) is 5.71 Å². The highest BCUT2D eigenvalue weighted by Gasteiger charge is 2.34. The van der Waals surface area contributed by atoms with Crippen LogP contribution in [0.15, 0.2) is 59.1 Å². The monoisotopic (exact) mass is 397 g/mol. The van der Waals surface area contributed by atoms with E-state index in [1.807, 2.05) is 12.1 Å². The summed E-state index contributed by atoms with van der Waals surface area (Å²) in [7, 11) is 2.06. The van der Waals surface area contributed by atoms with Crippen molar-refractivity contribution in [1.82, 2.24) is 4.98 Å². The fourth-order valence-electron chi connectivity index (χ4n) is 4.48. The predicted molar refractivity (Wildman–Crippen MR) is 123 cm³/mol. The summed E-state index contributed by atoms with van der Waals surface area (Å²) in [6.45, 7) is 4.12. The zero-order valence-corrected chi connectivity index (χ0v) is 17.6. The molecule has 5 rings (SSSR count). The van der Waals surface area contributed by atoms with E-state index >= 15 is 0 Å². The Morgan fingerprint density at radius 3 is 2.70 bits per heavy atom. The summed E-state index contributed by atoms with van der Waals surface area (Å²) in [5.74, 6) is 3.14. The number of furan rings is 1. The minimum Gasteiger partial charge on any atom is -0.439 e. The first-order valence-corrected chi connectivity index (χ1v) is 10.1. The molecular weight excluding hydrogens is 369 g/mol. The first kappa shape index (κ1) is 15.5. The van der Waals surface area contributed by atoms with Crippen LogP contribution >= 0.6 is 0 Å². The molecule has 0 unspecified atom stereocenters. The number of fused-ring (bicyclic) bond motifs is 3. The summed E-state index contributed by atoms with van der Waals surface area (Å²) in [5, 5.41) is 1.78. The second-order valence-corrected chi connectivity index (χ2v) is 7.96. The van der Waals surface area contributed by atoms with Crippen molar-refractivity contribution in [1.29, 1.82) is 0 Å². The molecule has 4 heterocycles. The number of rotatable bonds is 2. The molecule has 0 bridgehead atoms. The zero-order chi connectivity index (χ0) is 23.5. The SMILES string of the molecule is [2H]C([2H])([2H])c1ccc2c3c(oc2n1)=CB(C)N(c1cc(C)c(-c2ccccc2)c[n+]1C)C=3C. The standard InChI is InChI=1S/C25H25BN3O/c1-16-13-23(28(5)15-21(16)19-9-7-6-8-10-19)29-18(3)24-20-12-11-17(2)27-25(20)30-22(24)14-26(29)4/h6-15H,1-5H3/q+1/i2D3. The van der Waals surface area contributed by atoms with Gasteiger partial charge in [-0.1, -0.05) is 30.3 Å². The van der Waals surface area contributed by atoms with Crippen molar-refractivity contribution in [2.75, 3.05) is 4.81 Å². The normalized spacial score (nSPS) is 15.5. The molecule has 0 radical (unpaired) electrons. The van der Waals surface area contributed by atoms with Crippen LogP contribution in [0.4, 0.5) is 5.82 Å². The van der Waals surface area contributed by atoms with Gasteiger partial charge in [0.05, 0.1) is 29.5 Å². The molecule has 0 spiro atoms. The predicted octanol–water partition coefficient (Wildman–Crippen LogP) is 3.53. The third-order valence-corrected chi connectivity index (χ3v) is 5.89. The molecular formula is C25H25BN3O+. The number of hydrogen-bond donors (Lipinski definition) is 0. The van der Waals surface area contributed by atoms with E-state index in [0.29, 0.717) is 5.71 Å². The van der Waals surface area contributed by atoms with Gasteiger partial charge in [-0.3, -0.25) is 4.81 Å². The molecule has 0 amide bonds. The van der Waals surface area contributed by atoms with Crippen LogP contribution in [0.25, 0.3) is 33.9 Å². The van der Waals surface area contributed by atoms with Gasteiger partial charge in [-0.25, -0.2) is 9.55 Å². The Balaban J connectivity index is 1.68. The Hall–Kier alpha value is -3.34. The lowest BCUT2D eigenvalue weighted by Crippen LogP contribution is -2.50. The number of hydrogen-bond acceptors (Lipinski definition) is 3. The van der Waals surface area contributed by atoms with E-state index < -0.39 is 6.85 Å². The maximum absolute atomic E-state index is 7.66. The first-order chi connectivity index (χ1) is 15.6. The Morgan fingerprint density at radius 2 is 1.93 bits per heavy atom. The average molecular weight is 397 g/mol. The van der Waals surface area contributed by atoms with Crippen LogP contribution in [-0.4, -0.2) is 11.8 Å². The van der Waals surface area contributed by atoms with E-state index in [-0.39, 0.29) is 12.5 Å². The van der Waals surface area contributed by atoms with Crippen LogP contribution in [0.3, 0.4) is 0 Å². The molecule has 0 aliphatic carbocycles. The van der Waals surface area contributed by atoms with E-state index in [4.69, 9.17) is 8.53 Å². The Labute approximate surface area is 181 Å². The van der Waals surface area contributed by atoms with Crippen LogP contribution in [0.5, 0.6) is 0 Å². The number of pyridine rings is 2. The Bertz CT molecular complexity index is 1510. The third kappa shape index (κ3) is 2.85. The second-order valence-electron chi connectivity index (χ2n) is 7.96. The van der Waals surface area contributed by atoms with Gasteiger partial charge in [-0.2, -0.15) is 0 Å². The zero-order valence-electron chi connectivity index (χ0n) is 20.6. The van der Waals surface area contributed by atoms with Gasteiger partial charge < -0.3 is 4.42 Å². The Morgan fingerprint density at radius 1 is 1.13 bits per heavy atom. The van der Waals surface area contributed by atoms with Gasteiger partial charge in [-0.15, -0.1) is 0 Å². The van der Waals surface area contributed by atoms with Crippen molar-refractivity contribution in [2.45, 2.75) is 27.5 Å². The Kier molecular flexibility index (Phi) is 3.55. The smallest absolute Gasteiger partial charge is 0.405 e. The molecule has 5 heteroatoms. The molecule has 4 aromatic rings. The molecule has 1 aliphatic rings. The van der Waals surface area contributed by atoms with Gasteiger partial charge >= 0.3 is 6.85 Å². The van der Waals surface area contributed by atoms with E-state index in [0.717, 1.165) is 27.5 Å². The molecule has 0 atom stereocenters. The molecule has 0 N–H and O–H groups in total. The van der Waals surface area contributed by atoms with E-state index in [2.05, 4.69) is 84.6 Å². The summed E-state index contributed by atoms with van der Waals surface area (Å²) in [6.07, 6.45) is 2.17. The van der Waals surface area contributed by atoms with Crippen molar-refractivity contribution >= 4 is 35.4 Å². The van der Waals surface area contributed by atoms with Gasteiger partial charge in [0.1, 0.15) is 5.42 Å². The third-order valence-electron chi connectivity index (χ3n) is 5.89. The average Bonchev–Trinajstić information content (AvgIpc) is 3.13.